The molecule has 1 nitrogen and oxygen atoms in total. The molecule has 2 rings (SSSR count). The summed E-state index contributed by atoms with van der Waals surface area (Å²) in [4.78, 5) is 0. The van der Waals surface area contributed by atoms with E-state index in [1.165, 1.54) is 22.4 Å². The molecule has 1 N–H and O–H groups in total. The molecule has 0 spiro atoms. The van der Waals surface area contributed by atoms with Crippen molar-refractivity contribution in [3.8, 4) is 0 Å². The Morgan fingerprint density at radius 3 is 1.86 bits per heavy atom. The van der Waals surface area contributed by atoms with E-state index in [1.807, 2.05) is 12.3 Å². The number of anilines is 1. The molecule has 0 aliphatic carbocycles. The largest absolute Gasteiger partial charge is 0.361 e. The van der Waals surface area contributed by atoms with Crippen LogP contribution >= 0.6 is 0 Å². The van der Waals surface area contributed by atoms with Gasteiger partial charge in [0, 0.05) is 11.9 Å². The highest BCUT2D eigenvalue weighted by Crippen LogP contribution is 2.32. The van der Waals surface area contributed by atoms with E-state index >= 15 is 0 Å². The summed E-state index contributed by atoms with van der Waals surface area (Å²) < 4.78 is 0. The molecule has 0 unspecified atom stereocenters. The summed E-state index contributed by atoms with van der Waals surface area (Å²) in [6.45, 7) is 8.97. The highest BCUT2D eigenvalue weighted by Gasteiger charge is 2.12. The third-order valence-corrected chi connectivity index (χ3v) is 3.68. The fraction of sp³-hybridized carbons (Fsp3) is 0.300. The van der Waals surface area contributed by atoms with Crippen molar-refractivity contribution in [2.75, 3.05) is 5.32 Å². The molecule has 110 valence electrons. The van der Waals surface area contributed by atoms with Gasteiger partial charge in [0.05, 0.1) is 0 Å². The Morgan fingerprint density at radius 1 is 0.762 bits per heavy atom. The standard InChI is InChI=1S/C20H25N/c1-15(2)18-11-8-12-19(16(3)4)20(18)21-14-13-17-9-6-5-7-10-17/h5-16,21H,1-4H3/b14-13+. The Hall–Kier alpha value is -2.02. The number of hydrogen-bond donors (Lipinski definition) is 1. The van der Waals surface area contributed by atoms with Gasteiger partial charge in [-0.2, -0.15) is 0 Å². The van der Waals surface area contributed by atoms with E-state index < -0.39 is 0 Å². The minimum Gasteiger partial charge on any atom is -0.361 e. The van der Waals surface area contributed by atoms with Crippen LogP contribution in [-0.4, -0.2) is 0 Å². The lowest BCUT2D eigenvalue weighted by atomic mass is 9.93. The van der Waals surface area contributed by atoms with Gasteiger partial charge in [-0.3, -0.25) is 0 Å². The molecule has 0 amide bonds. The third kappa shape index (κ3) is 3.98. The molecule has 0 aliphatic heterocycles. The van der Waals surface area contributed by atoms with Gasteiger partial charge in [0.25, 0.3) is 0 Å². The smallest absolute Gasteiger partial charge is 0.0450 e. The van der Waals surface area contributed by atoms with Crippen LogP contribution in [0.1, 0.15) is 56.2 Å². The van der Waals surface area contributed by atoms with E-state index in [2.05, 4.69) is 81.6 Å². The predicted molar refractivity (Wildman–Crippen MR) is 93.7 cm³/mol. The molecule has 1 heteroatoms. The molecule has 0 saturated heterocycles. The molecule has 0 saturated carbocycles. The second kappa shape index (κ2) is 7.12. The third-order valence-electron chi connectivity index (χ3n) is 3.68. The zero-order valence-corrected chi connectivity index (χ0v) is 13.4. The summed E-state index contributed by atoms with van der Waals surface area (Å²) in [6, 6.07) is 17.0. The van der Waals surface area contributed by atoms with Gasteiger partial charge in [-0.25, -0.2) is 0 Å². The van der Waals surface area contributed by atoms with Gasteiger partial charge in [0.2, 0.25) is 0 Å². The van der Waals surface area contributed by atoms with Crippen molar-refractivity contribution < 1.29 is 0 Å². The van der Waals surface area contributed by atoms with Crippen molar-refractivity contribution in [1.29, 1.82) is 0 Å². The Kier molecular flexibility index (Phi) is 5.21. The van der Waals surface area contributed by atoms with E-state index in [9.17, 15) is 0 Å². The second-order valence-electron chi connectivity index (χ2n) is 6.01. The molecule has 0 heterocycles. The van der Waals surface area contributed by atoms with Crippen LogP contribution in [0.4, 0.5) is 5.69 Å². The van der Waals surface area contributed by atoms with E-state index in [-0.39, 0.29) is 0 Å². The molecule has 0 atom stereocenters. The number of rotatable bonds is 5. The Bertz CT molecular complexity index is 568. The normalized spacial score (nSPS) is 11.5. The number of hydrogen-bond acceptors (Lipinski definition) is 1. The fourth-order valence-electron chi connectivity index (χ4n) is 2.50. The summed E-state index contributed by atoms with van der Waals surface area (Å²) in [5.41, 5.74) is 5.21. The zero-order valence-electron chi connectivity index (χ0n) is 13.4. The van der Waals surface area contributed by atoms with Crippen molar-refractivity contribution in [1.82, 2.24) is 0 Å². The van der Waals surface area contributed by atoms with Crippen LogP contribution in [0, 0.1) is 0 Å². The van der Waals surface area contributed by atoms with Crippen molar-refractivity contribution in [3.63, 3.8) is 0 Å². The molecular formula is C20H25N. The second-order valence-corrected chi connectivity index (χ2v) is 6.01. The molecule has 0 fully saturated rings. The lowest BCUT2D eigenvalue weighted by molar-refractivity contribution is 0.838. The lowest BCUT2D eigenvalue weighted by Crippen LogP contribution is -2.02. The highest BCUT2D eigenvalue weighted by atomic mass is 14.8. The van der Waals surface area contributed by atoms with E-state index in [4.69, 9.17) is 0 Å². The lowest BCUT2D eigenvalue weighted by Gasteiger charge is -2.19. The molecular weight excluding hydrogens is 254 g/mol. The molecule has 21 heavy (non-hydrogen) atoms. The maximum atomic E-state index is 3.51. The number of benzene rings is 2. The van der Waals surface area contributed by atoms with Gasteiger partial charge in [0.15, 0.2) is 0 Å². The quantitative estimate of drug-likeness (QED) is 0.706. The van der Waals surface area contributed by atoms with Gasteiger partial charge in [-0.1, -0.05) is 76.2 Å². The van der Waals surface area contributed by atoms with Crippen LogP contribution in [0.15, 0.2) is 54.7 Å². The van der Waals surface area contributed by atoms with Crippen LogP contribution in [0.2, 0.25) is 0 Å². The molecule has 0 aromatic heterocycles. The van der Waals surface area contributed by atoms with E-state index in [0.29, 0.717) is 11.8 Å². The first-order valence-corrected chi connectivity index (χ1v) is 7.70. The van der Waals surface area contributed by atoms with Crippen LogP contribution < -0.4 is 5.32 Å². The Balaban J connectivity index is 2.27. The summed E-state index contributed by atoms with van der Waals surface area (Å²) in [5.74, 6) is 1.02. The molecule has 2 aromatic rings. The summed E-state index contributed by atoms with van der Waals surface area (Å²) in [7, 11) is 0. The number of nitrogens with one attached hydrogen (secondary N) is 1. The van der Waals surface area contributed by atoms with Gasteiger partial charge >= 0.3 is 0 Å². The maximum absolute atomic E-state index is 3.51. The monoisotopic (exact) mass is 279 g/mol. The van der Waals surface area contributed by atoms with Gasteiger partial charge in [0.1, 0.15) is 0 Å². The van der Waals surface area contributed by atoms with Gasteiger partial charge in [-0.15, -0.1) is 0 Å². The van der Waals surface area contributed by atoms with Crippen molar-refractivity contribution in [2.24, 2.45) is 0 Å². The van der Waals surface area contributed by atoms with Gasteiger partial charge < -0.3 is 5.32 Å². The summed E-state index contributed by atoms with van der Waals surface area (Å²) >= 11 is 0. The van der Waals surface area contributed by atoms with E-state index in [0.717, 1.165) is 0 Å². The number of para-hydroxylation sites is 1. The first-order chi connectivity index (χ1) is 10.1. The molecule has 0 radical (unpaired) electrons. The predicted octanol–water partition coefficient (Wildman–Crippen LogP) is 6.02. The average molecular weight is 279 g/mol. The fourth-order valence-corrected chi connectivity index (χ4v) is 2.50. The Labute approximate surface area is 128 Å². The average Bonchev–Trinajstić information content (AvgIpc) is 2.48. The van der Waals surface area contributed by atoms with Crippen LogP contribution in [-0.2, 0) is 0 Å². The molecule has 0 bridgehead atoms. The summed E-state index contributed by atoms with van der Waals surface area (Å²) in [5, 5.41) is 3.51. The zero-order chi connectivity index (χ0) is 15.2. The highest BCUT2D eigenvalue weighted by molar-refractivity contribution is 5.64. The SMILES string of the molecule is CC(C)c1cccc(C(C)C)c1N/C=C/c1ccccc1. The summed E-state index contributed by atoms with van der Waals surface area (Å²) in [6.07, 6.45) is 4.16. The van der Waals surface area contributed by atoms with Crippen molar-refractivity contribution >= 4 is 11.8 Å². The maximum Gasteiger partial charge on any atom is 0.0450 e. The van der Waals surface area contributed by atoms with E-state index in [1.54, 1.807) is 0 Å². The van der Waals surface area contributed by atoms with Crippen LogP contribution in [0.25, 0.3) is 6.08 Å². The topological polar surface area (TPSA) is 12.0 Å². The first kappa shape index (κ1) is 15.4. The van der Waals surface area contributed by atoms with Crippen molar-refractivity contribution in [3.05, 3.63) is 71.4 Å². The minimum absolute atomic E-state index is 0.510. The Morgan fingerprint density at radius 2 is 1.33 bits per heavy atom. The molecule has 0 aliphatic rings. The van der Waals surface area contributed by atoms with Crippen LogP contribution in [0.5, 0.6) is 0 Å². The minimum atomic E-state index is 0.510. The first-order valence-electron chi connectivity index (χ1n) is 7.70. The van der Waals surface area contributed by atoms with Crippen LogP contribution in [0.3, 0.4) is 0 Å². The molecule has 2 aromatic carbocycles. The van der Waals surface area contributed by atoms with Gasteiger partial charge in [-0.05, 0) is 34.6 Å². The van der Waals surface area contributed by atoms with Crippen molar-refractivity contribution in [2.45, 2.75) is 39.5 Å².